The summed E-state index contributed by atoms with van der Waals surface area (Å²) < 4.78 is 1.91. The highest BCUT2D eigenvalue weighted by molar-refractivity contribution is 7.99. The van der Waals surface area contributed by atoms with E-state index in [0.29, 0.717) is 5.56 Å². The first-order chi connectivity index (χ1) is 7.66. The van der Waals surface area contributed by atoms with E-state index >= 15 is 0 Å². The van der Waals surface area contributed by atoms with Crippen molar-refractivity contribution in [2.75, 3.05) is 0 Å². The zero-order chi connectivity index (χ0) is 11.5. The highest BCUT2D eigenvalue weighted by Crippen LogP contribution is 2.23. The molecule has 0 fully saturated rings. The molecule has 0 aliphatic rings. The van der Waals surface area contributed by atoms with Crippen molar-refractivity contribution in [3.63, 3.8) is 0 Å². The number of aromatic nitrogens is 3. The predicted octanol–water partition coefficient (Wildman–Crippen LogP) is 1.25. The van der Waals surface area contributed by atoms with Gasteiger partial charge in [-0.1, -0.05) is 0 Å². The van der Waals surface area contributed by atoms with Crippen molar-refractivity contribution in [2.45, 2.75) is 10.2 Å². The Labute approximate surface area is 97.2 Å². The third-order valence-corrected chi connectivity index (χ3v) is 3.03. The number of imidazole rings is 1. The molecular formula is C10H11N5S. The molecule has 3 N–H and O–H groups in total. The van der Waals surface area contributed by atoms with Crippen LogP contribution in [0.3, 0.4) is 0 Å². The second-order valence-electron chi connectivity index (χ2n) is 3.22. The Hall–Kier alpha value is -1.82. The van der Waals surface area contributed by atoms with Gasteiger partial charge in [0, 0.05) is 31.2 Å². The number of nitrogen functional groups attached to an aromatic ring is 1. The topological polar surface area (TPSA) is 80.6 Å². The number of pyridine rings is 1. The first-order valence-electron chi connectivity index (χ1n) is 4.62. The van der Waals surface area contributed by atoms with Crippen LogP contribution < -0.4 is 5.73 Å². The summed E-state index contributed by atoms with van der Waals surface area (Å²) in [6.45, 7) is 0. The summed E-state index contributed by atoms with van der Waals surface area (Å²) in [6, 6.07) is 3.49. The smallest absolute Gasteiger partial charge is 0.174 e. The van der Waals surface area contributed by atoms with Crippen LogP contribution in [0.4, 0.5) is 0 Å². The molecule has 0 saturated carbocycles. The van der Waals surface area contributed by atoms with Crippen LogP contribution in [-0.2, 0) is 7.05 Å². The van der Waals surface area contributed by atoms with E-state index in [4.69, 9.17) is 11.1 Å². The number of nitrogens with one attached hydrogen (secondary N) is 1. The molecule has 0 aliphatic heterocycles. The molecule has 0 spiro atoms. The molecule has 5 nitrogen and oxygen atoms in total. The fourth-order valence-electron chi connectivity index (χ4n) is 1.18. The Bertz CT molecular complexity index is 519. The number of aryl methyl sites for hydroxylation is 1. The largest absolute Gasteiger partial charge is 0.384 e. The number of nitrogens with zero attached hydrogens (tertiary/aromatic N) is 3. The van der Waals surface area contributed by atoms with Gasteiger partial charge in [0.15, 0.2) is 5.16 Å². The fourth-order valence-corrected chi connectivity index (χ4v) is 1.98. The van der Waals surface area contributed by atoms with Gasteiger partial charge in [-0.25, -0.2) is 9.97 Å². The summed E-state index contributed by atoms with van der Waals surface area (Å²) in [5.41, 5.74) is 6.08. The molecule has 0 aliphatic carbocycles. The van der Waals surface area contributed by atoms with Crippen molar-refractivity contribution < 1.29 is 0 Å². The monoisotopic (exact) mass is 233 g/mol. The standard InChI is InChI=1S/C10H11N5S/c1-15-5-4-14-10(15)16-8-6-7(9(11)12)2-3-13-8/h2-6H,1H3,(H3,11,12). The van der Waals surface area contributed by atoms with E-state index in [1.54, 1.807) is 24.5 Å². The van der Waals surface area contributed by atoms with E-state index in [1.807, 2.05) is 17.8 Å². The minimum absolute atomic E-state index is 0.0455. The lowest BCUT2D eigenvalue weighted by Crippen LogP contribution is -2.11. The Morgan fingerprint density at radius 1 is 1.44 bits per heavy atom. The molecule has 2 rings (SSSR count). The van der Waals surface area contributed by atoms with Gasteiger partial charge in [0.05, 0.1) is 0 Å². The van der Waals surface area contributed by atoms with E-state index < -0.39 is 0 Å². The van der Waals surface area contributed by atoms with Gasteiger partial charge in [0.25, 0.3) is 0 Å². The summed E-state index contributed by atoms with van der Waals surface area (Å²) >= 11 is 1.44. The van der Waals surface area contributed by atoms with Crippen LogP contribution in [0, 0.1) is 5.41 Å². The van der Waals surface area contributed by atoms with E-state index in [0.717, 1.165) is 10.2 Å². The minimum atomic E-state index is 0.0455. The average molecular weight is 233 g/mol. The molecule has 0 unspecified atom stereocenters. The molecule has 0 aromatic carbocycles. The van der Waals surface area contributed by atoms with Crippen LogP contribution in [-0.4, -0.2) is 20.4 Å². The normalized spacial score (nSPS) is 10.3. The van der Waals surface area contributed by atoms with Crippen molar-refractivity contribution in [3.8, 4) is 0 Å². The molecular weight excluding hydrogens is 222 g/mol. The lowest BCUT2D eigenvalue weighted by atomic mass is 10.2. The molecule has 82 valence electrons. The summed E-state index contributed by atoms with van der Waals surface area (Å²) in [7, 11) is 1.92. The molecule has 6 heteroatoms. The fraction of sp³-hybridized carbons (Fsp3) is 0.100. The second kappa shape index (κ2) is 4.36. The van der Waals surface area contributed by atoms with Crippen LogP contribution in [0.15, 0.2) is 40.9 Å². The van der Waals surface area contributed by atoms with E-state index in [9.17, 15) is 0 Å². The summed E-state index contributed by atoms with van der Waals surface area (Å²) in [5, 5.41) is 8.98. The Morgan fingerprint density at radius 2 is 2.25 bits per heavy atom. The van der Waals surface area contributed by atoms with Crippen molar-refractivity contribution in [1.82, 2.24) is 14.5 Å². The second-order valence-corrected chi connectivity index (χ2v) is 4.21. The van der Waals surface area contributed by atoms with Crippen molar-refractivity contribution >= 4 is 17.6 Å². The van der Waals surface area contributed by atoms with Gasteiger partial charge in [-0.05, 0) is 23.9 Å². The number of rotatable bonds is 3. The van der Waals surface area contributed by atoms with Gasteiger partial charge in [-0.3, -0.25) is 5.41 Å². The van der Waals surface area contributed by atoms with Crippen LogP contribution in [0.1, 0.15) is 5.56 Å². The zero-order valence-corrected chi connectivity index (χ0v) is 9.53. The molecule has 0 amide bonds. The van der Waals surface area contributed by atoms with Crippen LogP contribution in [0.25, 0.3) is 0 Å². The molecule has 0 saturated heterocycles. The minimum Gasteiger partial charge on any atom is -0.384 e. The highest BCUT2D eigenvalue weighted by atomic mass is 32.2. The average Bonchev–Trinajstić information content (AvgIpc) is 2.65. The third kappa shape index (κ3) is 2.22. The number of amidine groups is 1. The van der Waals surface area contributed by atoms with Crippen molar-refractivity contribution in [1.29, 1.82) is 5.41 Å². The Kier molecular flexibility index (Phi) is 2.91. The first-order valence-corrected chi connectivity index (χ1v) is 5.44. The summed E-state index contributed by atoms with van der Waals surface area (Å²) in [6.07, 6.45) is 5.25. The molecule has 16 heavy (non-hydrogen) atoms. The lowest BCUT2D eigenvalue weighted by molar-refractivity contribution is 0.788. The van der Waals surface area contributed by atoms with Gasteiger partial charge in [0.1, 0.15) is 10.9 Å². The maximum Gasteiger partial charge on any atom is 0.174 e. The Morgan fingerprint density at radius 3 is 2.88 bits per heavy atom. The number of nitrogens with two attached hydrogens (primary N) is 1. The quantitative estimate of drug-likeness (QED) is 0.617. The molecule has 2 aromatic rings. The van der Waals surface area contributed by atoms with Crippen LogP contribution in [0.5, 0.6) is 0 Å². The maximum atomic E-state index is 7.34. The zero-order valence-electron chi connectivity index (χ0n) is 8.71. The molecule has 2 heterocycles. The first kappa shape index (κ1) is 10.7. The van der Waals surface area contributed by atoms with Gasteiger partial charge < -0.3 is 10.3 Å². The van der Waals surface area contributed by atoms with Gasteiger partial charge >= 0.3 is 0 Å². The van der Waals surface area contributed by atoms with Crippen molar-refractivity contribution in [2.24, 2.45) is 12.8 Å². The Balaban J connectivity index is 2.25. The molecule has 0 bridgehead atoms. The van der Waals surface area contributed by atoms with Gasteiger partial charge in [-0.15, -0.1) is 0 Å². The molecule has 2 aromatic heterocycles. The van der Waals surface area contributed by atoms with E-state index in [-0.39, 0.29) is 5.84 Å². The van der Waals surface area contributed by atoms with Crippen molar-refractivity contribution in [3.05, 3.63) is 36.3 Å². The summed E-state index contributed by atoms with van der Waals surface area (Å²) in [5.74, 6) is 0.0455. The maximum absolute atomic E-state index is 7.34. The SMILES string of the molecule is Cn1ccnc1Sc1cc(C(=N)N)ccn1. The van der Waals surface area contributed by atoms with Crippen LogP contribution in [0.2, 0.25) is 0 Å². The predicted molar refractivity (Wildman–Crippen MR) is 62.6 cm³/mol. The highest BCUT2D eigenvalue weighted by Gasteiger charge is 2.05. The number of hydrogen-bond acceptors (Lipinski definition) is 4. The third-order valence-electron chi connectivity index (χ3n) is 2.02. The van der Waals surface area contributed by atoms with Gasteiger partial charge in [0.2, 0.25) is 0 Å². The molecule has 0 atom stereocenters. The summed E-state index contributed by atoms with van der Waals surface area (Å²) in [4.78, 5) is 8.38. The lowest BCUT2D eigenvalue weighted by Gasteiger charge is -2.02. The van der Waals surface area contributed by atoms with Crippen LogP contribution >= 0.6 is 11.8 Å². The molecule has 0 radical (unpaired) electrons. The van der Waals surface area contributed by atoms with Gasteiger partial charge in [-0.2, -0.15) is 0 Å². The van der Waals surface area contributed by atoms with E-state index in [1.165, 1.54) is 11.8 Å². The number of hydrogen-bond donors (Lipinski definition) is 2. The van der Waals surface area contributed by atoms with E-state index in [2.05, 4.69) is 9.97 Å².